The van der Waals surface area contributed by atoms with Crippen LogP contribution in [0.1, 0.15) is 50.4 Å². The third-order valence-corrected chi connectivity index (χ3v) is 4.08. The summed E-state index contributed by atoms with van der Waals surface area (Å²) in [6.07, 6.45) is 6.50. The number of anilines is 2. The third kappa shape index (κ3) is 3.35. The average molecular weight is 263 g/mol. The molecule has 0 radical (unpaired) electrons. The first kappa shape index (κ1) is 14.1. The second kappa shape index (κ2) is 6.19. The summed E-state index contributed by atoms with van der Waals surface area (Å²) in [6, 6.07) is 0.501. The Morgan fingerprint density at radius 2 is 1.74 bits per heavy atom. The van der Waals surface area contributed by atoms with Gasteiger partial charge in [-0.3, -0.25) is 0 Å². The number of aryl methyl sites for hydroxylation is 1. The Hall–Kier alpha value is -1.36. The number of hydrogen-bond donors (Lipinski definition) is 3. The van der Waals surface area contributed by atoms with Crippen LogP contribution in [0, 0.1) is 19.8 Å². The number of rotatable bonds is 3. The van der Waals surface area contributed by atoms with Crippen LogP contribution in [-0.4, -0.2) is 16.0 Å². The Morgan fingerprint density at radius 3 is 2.47 bits per heavy atom. The van der Waals surface area contributed by atoms with Crippen LogP contribution in [0.3, 0.4) is 0 Å². The SMILES string of the molecule is Cc1nc(NN)c(C)c(NC2CCCCCC2C)n1. The van der Waals surface area contributed by atoms with Gasteiger partial charge in [-0.05, 0) is 32.6 Å². The van der Waals surface area contributed by atoms with E-state index in [1.54, 1.807) is 0 Å². The number of nitrogens with two attached hydrogens (primary N) is 1. The molecule has 1 aliphatic carbocycles. The molecule has 5 heteroatoms. The van der Waals surface area contributed by atoms with E-state index in [-0.39, 0.29) is 0 Å². The quantitative estimate of drug-likeness (QED) is 0.444. The van der Waals surface area contributed by atoms with Gasteiger partial charge in [0.15, 0.2) is 0 Å². The van der Waals surface area contributed by atoms with E-state index < -0.39 is 0 Å². The van der Waals surface area contributed by atoms with Gasteiger partial charge in [0.05, 0.1) is 0 Å². The highest BCUT2D eigenvalue weighted by atomic mass is 15.3. The van der Waals surface area contributed by atoms with Gasteiger partial charge in [0.1, 0.15) is 17.5 Å². The fraction of sp³-hybridized carbons (Fsp3) is 0.714. The van der Waals surface area contributed by atoms with Gasteiger partial charge in [0, 0.05) is 11.6 Å². The molecule has 1 aromatic rings. The number of hydrazine groups is 1. The molecule has 1 saturated carbocycles. The Balaban J connectivity index is 2.19. The predicted octanol–water partition coefficient (Wildman–Crippen LogP) is 2.76. The molecular weight excluding hydrogens is 238 g/mol. The van der Waals surface area contributed by atoms with Gasteiger partial charge in [-0.25, -0.2) is 15.8 Å². The summed E-state index contributed by atoms with van der Waals surface area (Å²) < 4.78 is 0. The van der Waals surface area contributed by atoms with Crippen LogP contribution in [-0.2, 0) is 0 Å². The fourth-order valence-corrected chi connectivity index (χ4v) is 2.79. The van der Waals surface area contributed by atoms with Gasteiger partial charge in [0.2, 0.25) is 0 Å². The highest BCUT2D eigenvalue weighted by Gasteiger charge is 2.21. The van der Waals surface area contributed by atoms with Gasteiger partial charge < -0.3 is 10.7 Å². The van der Waals surface area contributed by atoms with Gasteiger partial charge in [0.25, 0.3) is 0 Å². The Labute approximate surface area is 115 Å². The van der Waals surface area contributed by atoms with Crippen molar-refractivity contribution in [1.29, 1.82) is 0 Å². The molecule has 1 aromatic heterocycles. The van der Waals surface area contributed by atoms with Crippen molar-refractivity contribution < 1.29 is 0 Å². The molecule has 0 amide bonds. The minimum atomic E-state index is 0.501. The van der Waals surface area contributed by atoms with Gasteiger partial charge in [-0.15, -0.1) is 0 Å². The third-order valence-electron chi connectivity index (χ3n) is 4.08. The number of aromatic nitrogens is 2. The molecule has 5 nitrogen and oxygen atoms in total. The van der Waals surface area contributed by atoms with Crippen molar-refractivity contribution >= 4 is 11.6 Å². The fourth-order valence-electron chi connectivity index (χ4n) is 2.79. The number of nitrogen functional groups attached to an aromatic ring is 1. The van der Waals surface area contributed by atoms with Crippen LogP contribution in [0.15, 0.2) is 0 Å². The molecule has 0 bridgehead atoms. The molecule has 2 rings (SSSR count). The van der Waals surface area contributed by atoms with E-state index in [1.807, 2.05) is 13.8 Å². The second-order valence-corrected chi connectivity index (χ2v) is 5.60. The molecule has 1 heterocycles. The first-order chi connectivity index (χ1) is 9.11. The lowest BCUT2D eigenvalue weighted by molar-refractivity contribution is 0.455. The van der Waals surface area contributed by atoms with Crippen molar-refractivity contribution in [2.75, 3.05) is 10.7 Å². The summed E-state index contributed by atoms with van der Waals surface area (Å²) in [6.45, 7) is 6.22. The summed E-state index contributed by atoms with van der Waals surface area (Å²) in [5.41, 5.74) is 3.64. The normalized spacial score (nSPS) is 23.8. The summed E-state index contributed by atoms with van der Waals surface area (Å²) in [4.78, 5) is 8.82. The molecule has 2 atom stereocenters. The first-order valence-corrected chi connectivity index (χ1v) is 7.20. The summed E-state index contributed by atoms with van der Waals surface area (Å²) in [7, 11) is 0. The minimum Gasteiger partial charge on any atom is -0.367 e. The average Bonchev–Trinajstić information content (AvgIpc) is 2.59. The van der Waals surface area contributed by atoms with Crippen LogP contribution in [0.2, 0.25) is 0 Å². The molecule has 106 valence electrons. The van der Waals surface area contributed by atoms with Crippen LogP contribution in [0.4, 0.5) is 11.6 Å². The number of hydrogen-bond acceptors (Lipinski definition) is 5. The maximum Gasteiger partial charge on any atom is 0.148 e. The van der Waals surface area contributed by atoms with E-state index in [9.17, 15) is 0 Å². The Bertz CT molecular complexity index is 432. The molecule has 0 spiro atoms. The van der Waals surface area contributed by atoms with Gasteiger partial charge >= 0.3 is 0 Å². The van der Waals surface area contributed by atoms with Gasteiger partial charge in [-0.2, -0.15) is 0 Å². The summed E-state index contributed by atoms with van der Waals surface area (Å²) in [5.74, 6) is 8.55. The minimum absolute atomic E-state index is 0.501. The maximum atomic E-state index is 5.51. The first-order valence-electron chi connectivity index (χ1n) is 7.20. The highest BCUT2D eigenvalue weighted by Crippen LogP contribution is 2.27. The van der Waals surface area contributed by atoms with Crippen molar-refractivity contribution in [2.45, 2.75) is 58.9 Å². The molecule has 19 heavy (non-hydrogen) atoms. The molecular formula is C14H25N5. The molecule has 1 fully saturated rings. The van der Waals surface area contributed by atoms with Crippen molar-refractivity contribution in [2.24, 2.45) is 11.8 Å². The van der Waals surface area contributed by atoms with E-state index in [1.165, 1.54) is 32.1 Å². The molecule has 1 aliphatic rings. The van der Waals surface area contributed by atoms with Crippen molar-refractivity contribution in [3.63, 3.8) is 0 Å². The number of nitrogens with zero attached hydrogens (tertiary/aromatic N) is 2. The van der Waals surface area contributed by atoms with E-state index >= 15 is 0 Å². The molecule has 0 saturated heterocycles. The van der Waals surface area contributed by atoms with Crippen molar-refractivity contribution in [1.82, 2.24) is 9.97 Å². The molecule has 0 aliphatic heterocycles. The number of nitrogens with one attached hydrogen (secondary N) is 2. The highest BCUT2D eigenvalue weighted by molar-refractivity contribution is 5.57. The van der Waals surface area contributed by atoms with Crippen molar-refractivity contribution in [3.8, 4) is 0 Å². The maximum absolute atomic E-state index is 5.51. The lowest BCUT2D eigenvalue weighted by Gasteiger charge is -2.24. The zero-order chi connectivity index (χ0) is 13.8. The second-order valence-electron chi connectivity index (χ2n) is 5.60. The zero-order valence-corrected chi connectivity index (χ0v) is 12.2. The molecule has 4 N–H and O–H groups in total. The standard InChI is InChI=1S/C14H25N5/c1-9-7-5-4-6-8-12(9)18-13-10(2)14(19-15)17-11(3)16-13/h9,12H,4-8,15H2,1-3H3,(H2,16,17,18,19). The van der Waals surface area contributed by atoms with Crippen LogP contribution >= 0.6 is 0 Å². The van der Waals surface area contributed by atoms with Crippen LogP contribution < -0.4 is 16.6 Å². The summed E-state index contributed by atoms with van der Waals surface area (Å²) >= 11 is 0. The lowest BCUT2D eigenvalue weighted by Crippen LogP contribution is -2.27. The Morgan fingerprint density at radius 1 is 1.05 bits per heavy atom. The Kier molecular flexibility index (Phi) is 4.58. The predicted molar refractivity (Wildman–Crippen MR) is 79.0 cm³/mol. The largest absolute Gasteiger partial charge is 0.367 e. The van der Waals surface area contributed by atoms with Crippen LogP contribution in [0.5, 0.6) is 0 Å². The molecule has 0 aromatic carbocycles. The van der Waals surface area contributed by atoms with E-state index in [4.69, 9.17) is 5.84 Å². The lowest BCUT2D eigenvalue weighted by atomic mass is 9.97. The van der Waals surface area contributed by atoms with Gasteiger partial charge in [-0.1, -0.05) is 26.2 Å². The zero-order valence-electron chi connectivity index (χ0n) is 12.2. The van der Waals surface area contributed by atoms with E-state index in [0.717, 1.165) is 17.2 Å². The smallest absolute Gasteiger partial charge is 0.148 e. The van der Waals surface area contributed by atoms with E-state index in [0.29, 0.717) is 17.8 Å². The van der Waals surface area contributed by atoms with Crippen LogP contribution in [0.25, 0.3) is 0 Å². The topological polar surface area (TPSA) is 75.9 Å². The molecule has 2 unspecified atom stereocenters. The van der Waals surface area contributed by atoms with E-state index in [2.05, 4.69) is 27.6 Å². The monoisotopic (exact) mass is 263 g/mol. The van der Waals surface area contributed by atoms with Crippen molar-refractivity contribution in [3.05, 3.63) is 11.4 Å². The summed E-state index contributed by atoms with van der Waals surface area (Å²) in [5, 5.41) is 3.61.